The van der Waals surface area contributed by atoms with Gasteiger partial charge in [0, 0.05) is 11.9 Å². The van der Waals surface area contributed by atoms with Gasteiger partial charge < -0.3 is 20.7 Å². The number of hydrogen-bond donors (Lipinski definition) is 2. The van der Waals surface area contributed by atoms with Crippen LogP contribution in [0, 0.1) is 11.6 Å². The van der Waals surface area contributed by atoms with E-state index in [-0.39, 0.29) is 11.3 Å². The van der Waals surface area contributed by atoms with E-state index in [1.165, 1.54) is 19.5 Å². The van der Waals surface area contributed by atoms with E-state index in [4.69, 9.17) is 10.5 Å². The number of ether oxygens (including phenoxy) is 1. The molecule has 4 rings (SSSR count). The number of aromatic nitrogens is 2. The van der Waals surface area contributed by atoms with Gasteiger partial charge in [-0.25, -0.2) is 14.4 Å². The maximum absolute atomic E-state index is 14.2. The molecule has 1 atom stereocenters. The quantitative estimate of drug-likeness (QED) is 0.619. The third kappa shape index (κ3) is 3.76. The smallest absolute Gasteiger partial charge is 0.250 e. The van der Waals surface area contributed by atoms with Crippen LogP contribution >= 0.6 is 0 Å². The number of amides is 1. The van der Waals surface area contributed by atoms with Gasteiger partial charge in [-0.1, -0.05) is 6.07 Å². The standard InChI is InChI=1S/C21H21F2N5O2/c1-30-17-9-12(8-15(22)18(17)23)16(10-28-6-3-7-28)27-21-14-5-2-4-13(20(24)29)19(14)25-11-26-21/h2,4-5,8-9,11,16H,3,6-7,10H2,1H3,(H2,24,29)(H,25,26,27). The van der Waals surface area contributed by atoms with Crippen LogP contribution in [0.5, 0.6) is 5.75 Å². The van der Waals surface area contributed by atoms with Crippen LogP contribution in [0.4, 0.5) is 14.6 Å². The molecule has 2 heterocycles. The number of fused-ring (bicyclic) bond motifs is 1. The number of rotatable bonds is 7. The summed E-state index contributed by atoms with van der Waals surface area (Å²) in [6.45, 7) is 2.42. The lowest BCUT2D eigenvalue weighted by Gasteiger charge is -2.35. The Bertz CT molecular complexity index is 1100. The minimum absolute atomic E-state index is 0.163. The number of nitrogens with one attached hydrogen (secondary N) is 1. The number of carbonyl (C=O) groups is 1. The van der Waals surface area contributed by atoms with E-state index in [1.807, 2.05) is 0 Å². The van der Waals surface area contributed by atoms with E-state index < -0.39 is 23.6 Å². The Hall–Kier alpha value is -3.33. The van der Waals surface area contributed by atoms with Gasteiger partial charge in [0.05, 0.1) is 24.2 Å². The van der Waals surface area contributed by atoms with Crippen molar-refractivity contribution in [2.45, 2.75) is 12.5 Å². The van der Waals surface area contributed by atoms with Gasteiger partial charge in [0.25, 0.3) is 5.91 Å². The number of hydrogen-bond acceptors (Lipinski definition) is 6. The highest BCUT2D eigenvalue weighted by Crippen LogP contribution is 2.31. The molecule has 30 heavy (non-hydrogen) atoms. The van der Waals surface area contributed by atoms with Crippen molar-refractivity contribution in [3.8, 4) is 5.75 Å². The molecule has 2 aromatic carbocycles. The Morgan fingerprint density at radius 1 is 1.30 bits per heavy atom. The van der Waals surface area contributed by atoms with Crippen LogP contribution in [0.1, 0.15) is 28.4 Å². The third-order valence-corrected chi connectivity index (χ3v) is 5.27. The van der Waals surface area contributed by atoms with E-state index in [0.29, 0.717) is 28.8 Å². The number of primary amides is 1. The Morgan fingerprint density at radius 3 is 2.77 bits per heavy atom. The number of carbonyl (C=O) groups excluding carboxylic acids is 1. The molecule has 0 saturated carbocycles. The third-order valence-electron chi connectivity index (χ3n) is 5.27. The summed E-state index contributed by atoms with van der Waals surface area (Å²) >= 11 is 0. The summed E-state index contributed by atoms with van der Waals surface area (Å²) in [6, 6.07) is 7.31. The highest BCUT2D eigenvalue weighted by Gasteiger charge is 2.24. The molecule has 1 aliphatic heterocycles. The van der Waals surface area contributed by atoms with Crippen LogP contribution in [0.2, 0.25) is 0 Å². The van der Waals surface area contributed by atoms with Crippen LogP contribution in [-0.4, -0.2) is 47.5 Å². The monoisotopic (exact) mass is 413 g/mol. The summed E-state index contributed by atoms with van der Waals surface area (Å²) in [6.07, 6.45) is 2.43. The van der Waals surface area contributed by atoms with Crippen LogP contribution in [0.25, 0.3) is 10.9 Å². The second kappa shape index (κ2) is 8.19. The fourth-order valence-corrected chi connectivity index (χ4v) is 3.56. The Kier molecular flexibility index (Phi) is 5.45. The van der Waals surface area contributed by atoms with E-state index in [1.54, 1.807) is 18.2 Å². The molecule has 1 fully saturated rings. The summed E-state index contributed by atoms with van der Waals surface area (Å²) in [5.41, 5.74) is 6.69. The maximum Gasteiger partial charge on any atom is 0.250 e. The molecule has 1 saturated heterocycles. The van der Waals surface area contributed by atoms with Gasteiger partial charge in [-0.3, -0.25) is 4.79 Å². The molecule has 3 N–H and O–H groups in total. The Balaban J connectivity index is 1.76. The average molecular weight is 413 g/mol. The van der Waals surface area contributed by atoms with E-state index in [0.717, 1.165) is 25.6 Å². The summed E-state index contributed by atoms with van der Waals surface area (Å²) in [5.74, 6) is -2.29. The second-order valence-corrected chi connectivity index (χ2v) is 7.16. The van der Waals surface area contributed by atoms with E-state index >= 15 is 0 Å². The summed E-state index contributed by atoms with van der Waals surface area (Å²) < 4.78 is 33.1. The van der Waals surface area contributed by atoms with Gasteiger partial charge in [0.1, 0.15) is 12.1 Å². The van der Waals surface area contributed by atoms with Crippen molar-refractivity contribution in [1.82, 2.24) is 14.9 Å². The number of benzene rings is 2. The molecule has 1 amide bonds. The molecule has 1 unspecified atom stereocenters. The zero-order valence-corrected chi connectivity index (χ0v) is 16.4. The van der Waals surface area contributed by atoms with Gasteiger partial charge in [-0.05, 0) is 49.3 Å². The SMILES string of the molecule is COc1cc(C(CN2CCC2)Nc2ncnc3c(C(N)=O)cccc23)cc(F)c1F. The fraction of sp³-hybridized carbons (Fsp3) is 0.286. The lowest BCUT2D eigenvalue weighted by molar-refractivity contribution is 0.100. The van der Waals surface area contributed by atoms with Crippen LogP contribution in [0.15, 0.2) is 36.7 Å². The van der Waals surface area contributed by atoms with Gasteiger partial charge in [0.2, 0.25) is 5.82 Å². The van der Waals surface area contributed by atoms with E-state index in [2.05, 4.69) is 20.2 Å². The molecule has 156 valence electrons. The van der Waals surface area contributed by atoms with Gasteiger partial charge in [-0.2, -0.15) is 4.39 Å². The van der Waals surface area contributed by atoms with Gasteiger partial charge in [0.15, 0.2) is 11.6 Å². The van der Waals surface area contributed by atoms with Crippen molar-refractivity contribution in [3.05, 3.63) is 59.4 Å². The van der Waals surface area contributed by atoms with Crippen molar-refractivity contribution in [2.75, 3.05) is 32.1 Å². The predicted molar refractivity (Wildman–Crippen MR) is 108 cm³/mol. The number of likely N-dealkylation sites (tertiary alicyclic amines) is 1. The van der Waals surface area contributed by atoms with Crippen LogP contribution in [0.3, 0.4) is 0 Å². The lowest BCUT2D eigenvalue weighted by Crippen LogP contribution is -2.41. The second-order valence-electron chi connectivity index (χ2n) is 7.16. The molecule has 0 aliphatic carbocycles. The van der Waals surface area contributed by atoms with Crippen LogP contribution in [-0.2, 0) is 0 Å². The first kappa shape index (κ1) is 20.0. The average Bonchev–Trinajstić information content (AvgIpc) is 2.71. The molecule has 3 aromatic rings. The number of para-hydroxylation sites is 1. The zero-order valence-electron chi connectivity index (χ0n) is 16.4. The molecule has 0 radical (unpaired) electrons. The first-order chi connectivity index (χ1) is 14.5. The largest absolute Gasteiger partial charge is 0.494 e. The molecule has 7 nitrogen and oxygen atoms in total. The van der Waals surface area contributed by atoms with Crippen LogP contribution < -0.4 is 15.8 Å². The van der Waals surface area contributed by atoms with Crippen molar-refractivity contribution < 1.29 is 18.3 Å². The minimum atomic E-state index is -1.03. The first-order valence-electron chi connectivity index (χ1n) is 9.53. The van der Waals surface area contributed by atoms with Crippen molar-refractivity contribution in [1.29, 1.82) is 0 Å². The molecule has 0 bridgehead atoms. The summed E-state index contributed by atoms with van der Waals surface area (Å²) in [4.78, 5) is 22.5. The van der Waals surface area contributed by atoms with Crippen molar-refractivity contribution in [2.24, 2.45) is 5.73 Å². The zero-order chi connectivity index (χ0) is 21.3. The highest BCUT2D eigenvalue weighted by molar-refractivity contribution is 6.06. The molecular formula is C21H21F2N5O2. The number of anilines is 1. The van der Waals surface area contributed by atoms with Gasteiger partial charge >= 0.3 is 0 Å². The molecule has 9 heteroatoms. The number of nitrogens with two attached hydrogens (primary N) is 1. The normalized spacial score (nSPS) is 14.9. The number of halogens is 2. The Labute approximate surface area is 171 Å². The lowest BCUT2D eigenvalue weighted by atomic mass is 10.0. The number of methoxy groups -OCH3 is 1. The summed E-state index contributed by atoms with van der Waals surface area (Å²) in [5, 5.41) is 3.92. The molecular weight excluding hydrogens is 392 g/mol. The molecule has 1 aliphatic rings. The first-order valence-corrected chi connectivity index (χ1v) is 9.53. The maximum atomic E-state index is 14.2. The predicted octanol–water partition coefficient (Wildman–Crippen LogP) is 2.87. The molecule has 1 aromatic heterocycles. The van der Waals surface area contributed by atoms with Crippen molar-refractivity contribution in [3.63, 3.8) is 0 Å². The topological polar surface area (TPSA) is 93.4 Å². The van der Waals surface area contributed by atoms with E-state index in [9.17, 15) is 13.6 Å². The minimum Gasteiger partial charge on any atom is -0.494 e. The molecule has 0 spiro atoms. The van der Waals surface area contributed by atoms with Crippen molar-refractivity contribution >= 4 is 22.6 Å². The van der Waals surface area contributed by atoms with Gasteiger partial charge in [-0.15, -0.1) is 0 Å². The fourth-order valence-electron chi connectivity index (χ4n) is 3.56. The Morgan fingerprint density at radius 2 is 2.10 bits per heavy atom. The number of nitrogens with zero attached hydrogens (tertiary/aromatic N) is 3. The highest BCUT2D eigenvalue weighted by atomic mass is 19.2. The summed E-state index contributed by atoms with van der Waals surface area (Å²) in [7, 11) is 1.29.